The average molecular weight is 324 g/mol. The van der Waals surface area contributed by atoms with Gasteiger partial charge in [-0.15, -0.1) is 0 Å². The molecule has 1 heterocycles. The summed E-state index contributed by atoms with van der Waals surface area (Å²) in [7, 11) is 0. The third-order valence-corrected chi connectivity index (χ3v) is 7.11. The number of fused-ring (bicyclic) bond motifs is 1. The molecule has 0 saturated heterocycles. The predicted octanol–water partition coefficient (Wildman–Crippen LogP) is 3.52. The standard InChI is InChI=1S/C21H28N2O/c1-14-6-18-4-2-3-5-19(18)23(14)13-20(24)22-21-10-15-7-16(11-21)9-17(8-15)12-21/h2-5,14-17H,6-13H2,1H3,(H,22,24)/t14-,15?,16?,17?,21?/m1/s1. The Balaban J connectivity index is 1.30. The lowest BCUT2D eigenvalue weighted by Gasteiger charge is -2.57. The van der Waals surface area contributed by atoms with Crippen LogP contribution in [-0.4, -0.2) is 24.0 Å². The van der Waals surface area contributed by atoms with Crippen LogP contribution >= 0.6 is 0 Å². The molecule has 4 fully saturated rings. The van der Waals surface area contributed by atoms with Gasteiger partial charge in [0.05, 0.1) is 6.54 Å². The van der Waals surface area contributed by atoms with Crippen molar-refractivity contribution in [1.29, 1.82) is 0 Å². The van der Waals surface area contributed by atoms with Crippen LogP contribution in [0.2, 0.25) is 0 Å². The van der Waals surface area contributed by atoms with Crippen molar-refractivity contribution in [3.63, 3.8) is 0 Å². The average Bonchev–Trinajstić information content (AvgIpc) is 2.81. The lowest BCUT2D eigenvalue weighted by atomic mass is 9.53. The van der Waals surface area contributed by atoms with Crippen molar-refractivity contribution in [2.75, 3.05) is 11.4 Å². The number of rotatable bonds is 3. The molecule has 3 nitrogen and oxygen atoms in total. The number of carbonyl (C=O) groups excluding carboxylic acids is 1. The Morgan fingerprint density at radius 3 is 2.42 bits per heavy atom. The van der Waals surface area contributed by atoms with E-state index in [1.54, 1.807) is 0 Å². The summed E-state index contributed by atoms with van der Waals surface area (Å²) < 4.78 is 0. The molecule has 1 atom stereocenters. The molecule has 4 aliphatic carbocycles. The molecule has 0 radical (unpaired) electrons. The quantitative estimate of drug-likeness (QED) is 0.922. The third-order valence-electron chi connectivity index (χ3n) is 7.11. The molecule has 4 bridgehead atoms. The monoisotopic (exact) mass is 324 g/mol. The van der Waals surface area contributed by atoms with E-state index in [4.69, 9.17) is 0 Å². The van der Waals surface area contributed by atoms with E-state index in [2.05, 4.69) is 41.4 Å². The van der Waals surface area contributed by atoms with Gasteiger partial charge in [0.2, 0.25) is 5.91 Å². The molecule has 5 aliphatic rings. The molecule has 6 rings (SSSR count). The van der Waals surface area contributed by atoms with E-state index < -0.39 is 0 Å². The highest BCUT2D eigenvalue weighted by molar-refractivity contribution is 5.83. The Morgan fingerprint density at radius 2 is 1.75 bits per heavy atom. The van der Waals surface area contributed by atoms with Gasteiger partial charge in [-0.3, -0.25) is 4.79 Å². The topological polar surface area (TPSA) is 32.3 Å². The molecule has 1 aromatic carbocycles. The van der Waals surface area contributed by atoms with E-state index in [0.717, 1.165) is 24.2 Å². The third kappa shape index (κ3) is 2.35. The number of nitrogens with one attached hydrogen (secondary N) is 1. The maximum Gasteiger partial charge on any atom is 0.239 e. The summed E-state index contributed by atoms with van der Waals surface area (Å²) in [5.74, 6) is 2.87. The molecular formula is C21H28N2O. The maximum absolute atomic E-state index is 12.9. The first kappa shape index (κ1) is 14.8. The van der Waals surface area contributed by atoms with Gasteiger partial charge in [-0.05, 0) is 81.3 Å². The molecule has 128 valence electrons. The van der Waals surface area contributed by atoms with Gasteiger partial charge in [0.15, 0.2) is 0 Å². The first-order valence-corrected chi connectivity index (χ1v) is 9.76. The summed E-state index contributed by atoms with van der Waals surface area (Å²) in [6.45, 7) is 2.75. The van der Waals surface area contributed by atoms with Gasteiger partial charge in [0, 0.05) is 17.3 Å². The van der Waals surface area contributed by atoms with E-state index in [-0.39, 0.29) is 11.4 Å². The Morgan fingerprint density at radius 1 is 1.12 bits per heavy atom. The van der Waals surface area contributed by atoms with Crippen LogP contribution in [0.5, 0.6) is 0 Å². The molecule has 1 aliphatic heterocycles. The lowest BCUT2D eigenvalue weighted by molar-refractivity contribution is -0.125. The van der Waals surface area contributed by atoms with E-state index in [1.165, 1.54) is 49.8 Å². The molecule has 0 spiro atoms. The number of benzene rings is 1. The summed E-state index contributed by atoms with van der Waals surface area (Å²) in [6.07, 6.45) is 9.02. The Kier molecular flexibility index (Phi) is 3.23. The highest BCUT2D eigenvalue weighted by Gasteiger charge is 2.51. The van der Waals surface area contributed by atoms with Crippen LogP contribution in [0.15, 0.2) is 24.3 Å². The minimum atomic E-state index is 0.133. The summed E-state index contributed by atoms with van der Waals surface area (Å²) in [4.78, 5) is 15.2. The number of amides is 1. The van der Waals surface area contributed by atoms with Gasteiger partial charge in [0.1, 0.15) is 0 Å². The molecule has 24 heavy (non-hydrogen) atoms. The van der Waals surface area contributed by atoms with E-state index >= 15 is 0 Å². The highest BCUT2D eigenvalue weighted by Crippen LogP contribution is 2.55. The minimum absolute atomic E-state index is 0.133. The van der Waals surface area contributed by atoms with Gasteiger partial charge in [-0.25, -0.2) is 0 Å². The fourth-order valence-electron chi connectivity index (χ4n) is 6.62. The Hall–Kier alpha value is -1.51. The zero-order valence-corrected chi connectivity index (χ0v) is 14.6. The smallest absolute Gasteiger partial charge is 0.239 e. The predicted molar refractivity (Wildman–Crippen MR) is 96.0 cm³/mol. The largest absolute Gasteiger partial charge is 0.359 e. The molecule has 1 N–H and O–H groups in total. The van der Waals surface area contributed by atoms with Gasteiger partial charge in [0.25, 0.3) is 0 Å². The number of anilines is 1. The molecule has 1 aromatic rings. The van der Waals surface area contributed by atoms with Gasteiger partial charge < -0.3 is 10.2 Å². The second kappa shape index (κ2) is 5.24. The van der Waals surface area contributed by atoms with Crippen LogP contribution in [0.1, 0.15) is 51.0 Å². The molecule has 4 saturated carbocycles. The van der Waals surface area contributed by atoms with Gasteiger partial charge in [-0.2, -0.15) is 0 Å². The SMILES string of the molecule is C[C@@H]1Cc2ccccc2N1CC(=O)NC12CC3CC(CC(C3)C1)C2. The Labute approximate surface area is 144 Å². The molecule has 0 aromatic heterocycles. The fourth-order valence-corrected chi connectivity index (χ4v) is 6.62. The van der Waals surface area contributed by atoms with Crippen LogP contribution in [0, 0.1) is 17.8 Å². The van der Waals surface area contributed by atoms with Crippen LogP contribution in [0.25, 0.3) is 0 Å². The van der Waals surface area contributed by atoms with Crippen LogP contribution in [0.4, 0.5) is 5.69 Å². The van der Waals surface area contributed by atoms with E-state index in [0.29, 0.717) is 12.6 Å². The number of para-hydroxylation sites is 1. The lowest BCUT2D eigenvalue weighted by Crippen LogP contribution is -2.61. The second-order valence-corrected chi connectivity index (χ2v) is 9.06. The normalized spacial score (nSPS) is 39.1. The van der Waals surface area contributed by atoms with Crippen molar-refractivity contribution in [2.45, 2.75) is 63.5 Å². The number of hydrogen-bond donors (Lipinski definition) is 1. The van der Waals surface area contributed by atoms with Crippen LogP contribution < -0.4 is 10.2 Å². The van der Waals surface area contributed by atoms with Crippen molar-refractivity contribution in [3.8, 4) is 0 Å². The zero-order valence-electron chi connectivity index (χ0n) is 14.6. The van der Waals surface area contributed by atoms with E-state index in [1.807, 2.05) is 0 Å². The summed E-state index contributed by atoms with van der Waals surface area (Å²) in [6, 6.07) is 8.97. The zero-order chi connectivity index (χ0) is 16.3. The number of hydrogen-bond acceptors (Lipinski definition) is 2. The second-order valence-electron chi connectivity index (χ2n) is 9.06. The summed E-state index contributed by atoms with van der Waals surface area (Å²) >= 11 is 0. The van der Waals surface area contributed by atoms with E-state index in [9.17, 15) is 4.79 Å². The van der Waals surface area contributed by atoms with Crippen molar-refractivity contribution in [1.82, 2.24) is 5.32 Å². The van der Waals surface area contributed by atoms with Crippen LogP contribution in [0.3, 0.4) is 0 Å². The Bertz CT molecular complexity index is 632. The number of nitrogens with zero attached hydrogens (tertiary/aromatic N) is 1. The minimum Gasteiger partial charge on any atom is -0.359 e. The molecular weight excluding hydrogens is 296 g/mol. The molecule has 1 amide bonds. The number of carbonyl (C=O) groups is 1. The van der Waals surface area contributed by atoms with Gasteiger partial charge >= 0.3 is 0 Å². The highest BCUT2D eigenvalue weighted by atomic mass is 16.2. The molecule has 3 heteroatoms. The van der Waals surface area contributed by atoms with Crippen molar-refractivity contribution < 1.29 is 4.79 Å². The van der Waals surface area contributed by atoms with Crippen LogP contribution in [-0.2, 0) is 11.2 Å². The maximum atomic E-state index is 12.9. The molecule has 0 unspecified atom stereocenters. The van der Waals surface area contributed by atoms with Crippen molar-refractivity contribution in [2.24, 2.45) is 17.8 Å². The van der Waals surface area contributed by atoms with Crippen molar-refractivity contribution >= 4 is 11.6 Å². The summed E-state index contributed by atoms with van der Waals surface area (Å²) in [5.41, 5.74) is 2.77. The summed E-state index contributed by atoms with van der Waals surface area (Å²) in [5, 5.41) is 3.52. The van der Waals surface area contributed by atoms with Gasteiger partial charge in [-0.1, -0.05) is 18.2 Å². The van der Waals surface area contributed by atoms with Crippen molar-refractivity contribution in [3.05, 3.63) is 29.8 Å². The fraction of sp³-hybridized carbons (Fsp3) is 0.667. The first-order chi connectivity index (χ1) is 11.6. The first-order valence-electron chi connectivity index (χ1n) is 9.76.